The summed E-state index contributed by atoms with van der Waals surface area (Å²) in [6.07, 6.45) is 1.17. The zero-order valence-corrected chi connectivity index (χ0v) is 14.3. The monoisotopic (exact) mass is 348 g/mol. The molecule has 0 spiro atoms. The van der Waals surface area contributed by atoms with Crippen molar-refractivity contribution in [3.63, 3.8) is 0 Å². The first-order valence-corrected chi connectivity index (χ1v) is 8.72. The molecule has 1 aromatic heterocycles. The summed E-state index contributed by atoms with van der Waals surface area (Å²) in [5, 5.41) is 2.68. The standard InChI is InChI=1S/C17H20N2O4S/c1-12-17(24-11-19-12)13-2-3-14(9-18-10-20)15(8-13)21-5-4-16-22-6-7-23-16/h2-3,8,10-11,16H,4-7,9H2,1H3,(H,18,20). The van der Waals surface area contributed by atoms with Crippen molar-refractivity contribution < 1.29 is 19.0 Å². The minimum Gasteiger partial charge on any atom is -0.493 e. The summed E-state index contributed by atoms with van der Waals surface area (Å²) in [6.45, 7) is 4.18. The van der Waals surface area contributed by atoms with Gasteiger partial charge in [-0.15, -0.1) is 11.3 Å². The van der Waals surface area contributed by atoms with Crippen LogP contribution < -0.4 is 10.1 Å². The van der Waals surface area contributed by atoms with Gasteiger partial charge in [0.2, 0.25) is 6.41 Å². The Morgan fingerprint density at radius 1 is 1.42 bits per heavy atom. The molecule has 6 nitrogen and oxygen atoms in total. The number of aromatic nitrogens is 1. The highest BCUT2D eigenvalue weighted by Crippen LogP contribution is 2.32. The molecule has 0 unspecified atom stereocenters. The molecule has 2 aromatic rings. The Labute approximate surface area is 144 Å². The third kappa shape index (κ3) is 4.11. The zero-order valence-electron chi connectivity index (χ0n) is 13.5. The Kier molecular flexibility index (Phi) is 5.79. The van der Waals surface area contributed by atoms with Crippen LogP contribution in [-0.4, -0.2) is 37.5 Å². The molecular weight excluding hydrogens is 328 g/mol. The molecule has 0 atom stereocenters. The topological polar surface area (TPSA) is 69.7 Å². The van der Waals surface area contributed by atoms with Crippen molar-refractivity contribution in [2.45, 2.75) is 26.2 Å². The predicted octanol–water partition coefficient (Wildman–Crippen LogP) is 2.51. The minimum absolute atomic E-state index is 0.187. The zero-order chi connectivity index (χ0) is 16.8. The maximum Gasteiger partial charge on any atom is 0.207 e. The van der Waals surface area contributed by atoms with Crippen molar-refractivity contribution in [3.05, 3.63) is 35.0 Å². The molecule has 1 saturated heterocycles. The molecule has 128 valence electrons. The number of hydrogen-bond donors (Lipinski definition) is 1. The van der Waals surface area contributed by atoms with Crippen molar-refractivity contribution >= 4 is 17.7 Å². The Hall–Kier alpha value is -1.96. The Bertz CT molecular complexity index is 683. The lowest BCUT2D eigenvalue weighted by molar-refractivity contribution is -0.109. The van der Waals surface area contributed by atoms with E-state index in [0.29, 0.717) is 39.2 Å². The number of nitrogens with one attached hydrogen (secondary N) is 1. The van der Waals surface area contributed by atoms with E-state index in [1.807, 2.05) is 30.6 Å². The van der Waals surface area contributed by atoms with Crippen LogP contribution in [0, 0.1) is 6.92 Å². The maximum absolute atomic E-state index is 10.6. The molecule has 7 heteroatoms. The van der Waals surface area contributed by atoms with Gasteiger partial charge in [0, 0.05) is 18.5 Å². The van der Waals surface area contributed by atoms with Crippen LogP contribution in [0.5, 0.6) is 5.75 Å². The third-order valence-corrected chi connectivity index (χ3v) is 4.73. The van der Waals surface area contributed by atoms with Gasteiger partial charge in [0.15, 0.2) is 6.29 Å². The summed E-state index contributed by atoms with van der Waals surface area (Å²) >= 11 is 1.60. The van der Waals surface area contributed by atoms with Gasteiger partial charge in [-0.05, 0) is 18.6 Å². The van der Waals surface area contributed by atoms with Gasteiger partial charge in [-0.25, -0.2) is 4.98 Å². The molecule has 1 N–H and O–H groups in total. The van der Waals surface area contributed by atoms with Gasteiger partial charge in [-0.2, -0.15) is 0 Å². The molecule has 0 bridgehead atoms. The molecule has 24 heavy (non-hydrogen) atoms. The highest BCUT2D eigenvalue weighted by atomic mass is 32.1. The number of hydrogen-bond acceptors (Lipinski definition) is 6. The highest BCUT2D eigenvalue weighted by Gasteiger charge is 2.16. The molecule has 2 heterocycles. The second kappa shape index (κ2) is 8.23. The number of benzene rings is 1. The molecular formula is C17H20N2O4S. The lowest BCUT2D eigenvalue weighted by Gasteiger charge is -2.14. The quantitative estimate of drug-likeness (QED) is 0.742. The fraction of sp³-hybridized carbons (Fsp3) is 0.412. The van der Waals surface area contributed by atoms with Gasteiger partial charge < -0.3 is 19.5 Å². The van der Waals surface area contributed by atoms with E-state index in [2.05, 4.69) is 10.3 Å². The van der Waals surface area contributed by atoms with E-state index in [1.54, 1.807) is 11.3 Å². The number of amides is 1. The molecule has 1 aromatic carbocycles. The first kappa shape index (κ1) is 16.9. The summed E-state index contributed by atoms with van der Waals surface area (Å²) in [6, 6.07) is 6.00. The molecule has 1 fully saturated rings. The van der Waals surface area contributed by atoms with E-state index in [9.17, 15) is 4.79 Å². The minimum atomic E-state index is -0.187. The van der Waals surface area contributed by atoms with Crippen LogP contribution in [0.4, 0.5) is 0 Å². The highest BCUT2D eigenvalue weighted by molar-refractivity contribution is 7.13. The van der Waals surface area contributed by atoms with Crippen LogP contribution in [0.15, 0.2) is 23.7 Å². The van der Waals surface area contributed by atoms with E-state index < -0.39 is 0 Å². The molecule has 3 rings (SSSR count). The second-order valence-corrected chi connectivity index (χ2v) is 6.25. The van der Waals surface area contributed by atoms with Crippen molar-refractivity contribution in [1.82, 2.24) is 10.3 Å². The van der Waals surface area contributed by atoms with E-state index >= 15 is 0 Å². The van der Waals surface area contributed by atoms with Crippen LogP contribution in [0.3, 0.4) is 0 Å². The SMILES string of the molecule is Cc1ncsc1-c1ccc(CNC=O)c(OCCC2OCCO2)c1. The number of ether oxygens (including phenoxy) is 3. The van der Waals surface area contributed by atoms with Crippen LogP contribution in [-0.2, 0) is 20.8 Å². The summed E-state index contributed by atoms with van der Waals surface area (Å²) in [4.78, 5) is 16.0. The smallest absolute Gasteiger partial charge is 0.207 e. The lowest BCUT2D eigenvalue weighted by Crippen LogP contribution is -2.15. The van der Waals surface area contributed by atoms with Crippen LogP contribution in [0.25, 0.3) is 10.4 Å². The van der Waals surface area contributed by atoms with Crippen LogP contribution in [0.2, 0.25) is 0 Å². The van der Waals surface area contributed by atoms with Crippen LogP contribution >= 0.6 is 11.3 Å². The number of aryl methyl sites for hydroxylation is 1. The Morgan fingerprint density at radius 2 is 2.25 bits per heavy atom. The molecule has 0 aliphatic carbocycles. The molecule has 1 aliphatic heterocycles. The number of rotatable bonds is 8. The summed E-state index contributed by atoms with van der Waals surface area (Å²) in [5.74, 6) is 0.757. The summed E-state index contributed by atoms with van der Waals surface area (Å²) in [5.41, 5.74) is 4.83. The normalized spacial score (nSPS) is 14.7. The molecule has 0 radical (unpaired) electrons. The molecule has 0 saturated carbocycles. The van der Waals surface area contributed by atoms with Gasteiger partial charge in [-0.3, -0.25) is 4.79 Å². The fourth-order valence-corrected chi connectivity index (χ4v) is 3.35. The van der Waals surface area contributed by atoms with Gasteiger partial charge in [0.25, 0.3) is 0 Å². The second-order valence-electron chi connectivity index (χ2n) is 5.40. The average Bonchev–Trinajstić information content (AvgIpc) is 3.25. The first-order chi connectivity index (χ1) is 11.8. The predicted molar refractivity (Wildman–Crippen MR) is 91.0 cm³/mol. The maximum atomic E-state index is 10.6. The van der Waals surface area contributed by atoms with Crippen molar-refractivity contribution in [1.29, 1.82) is 0 Å². The van der Waals surface area contributed by atoms with Gasteiger partial charge in [0.05, 0.1) is 35.9 Å². The van der Waals surface area contributed by atoms with Gasteiger partial charge in [0.1, 0.15) is 5.75 Å². The number of nitrogens with zero attached hydrogens (tertiary/aromatic N) is 1. The van der Waals surface area contributed by atoms with Crippen molar-refractivity contribution in [2.24, 2.45) is 0 Å². The van der Waals surface area contributed by atoms with E-state index in [1.165, 1.54) is 0 Å². The van der Waals surface area contributed by atoms with Crippen LogP contribution in [0.1, 0.15) is 17.7 Å². The third-order valence-electron chi connectivity index (χ3n) is 3.75. The average molecular weight is 348 g/mol. The first-order valence-electron chi connectivity index (χ1n) is 7.84. The summed E-state index contributed by atoms with van der Waals surface area (Å²) in [7, 11) is 0. The van der Waals surface area contributed by atoms with Gasteiger partial charge >= 0.3 is 0 Å². The summed E-state index contributed by atoms with van der Waals surface area (Å²) < 4.78 is 16.8. The lowest BCUT2D eigenvalue weighted by atomic mass is 10.1. The van der Waals surface area contributed by atoms with E-state index in [4.69, 9.17) is 14.2 Å². The fourth-order valence-electron chi connectivity index (χ4n) is 2.55. The van der Waals surface area contributed by atoms with Gasteiger partial charge in [-0.1, -0.05) is 12.1 Å². The van der Waals surface area contributed by atoms with Crippen molar-refractivity contribution in [3.8, 4) is 16.2 Å². The largest absolute Gasteiger partial charge is 0.493 e. The Morgan fingerprint density at radius 3 is 2.96 bits per heavy atom. The van der Waals surface area contributed by atoms with Crippen molar-refractivity contribution in [2.75, 3.05) is 19.8 Å². The number of carbonyl (C=O) groups is 1. The molecule has 1 amide bonds. The number of carbonyl (C=O) groups excluding carboxylic acids is 1. The number of thiazole rings is 1. The van der Waals surface area contributed by atoms with E-state index in [0.717, 1.165) is 27.4 Å². The Balaban J connectivity index is 1.74. The van der Waals surface area contributed by atoms with E-state index in [-0.39, 0.29) is 6.29 Å². The molecule has 1 aliphatic rings.